The minimum Gasteiger partial charge on any atom is -0.507 e. The monoisotopic (exact) mass is 292 g/mol. The van der Waals surface area contributed by atoms with Gasteiger partial charge in [-0.05, 0) is 47.0 Å². The zero-order valence-corrected chi connectivity index (χ0v) is 14.5. The molecule has 0 saturated carbocycles. The van der Waals surface area contributed by atoms with Crippen LogP contribution in [0.5, 0.6) is 5.75 Å². The first-order valence-electron chi connectivity index (χ1n) is 7.85. The van der Waals surface area contributed by atoms with E-state index in [-0.39, 0.29) is 10.8 Å². The van der Waals surface area contributed by atoms with Crippen LogP contribution in [0, 0.1) is 0 Å². The minimum absolute atomic E-state index is 0.0721. The molecule has 0 atom stereocenters. The fourth-order valence-corrected chi connectivity index (χ4v) is 2.40. The van der Waals surface area contributed by atoms with Crippen LogP contribution in [0.4, 0.5) is 0 Å². The number of phenolic OH excluding ortho intramolecular Hbond substituents is 1. The van der Waals surface area contributed by atoms with Gasteiger partial charge in [-0.25, -0.2) is 0 Å². The van der Waals surface area contributed by atoms with Gasteiger partial charge in [-0.2, -0.15) is 0 Å². The zero-order chi connectivity index (χ0) is 16.3. The maximum atomic E-state index is 10.7. The summed E-state index contributed by atoms with van der Waals surface area (Å²) < 4.78 is 0. The van der Waals surface area contributed by atoms with E-state index < -0.39 is 0 Å². The Balaban J connectivity index is 3.15. The molecule has 0 aliphatic carbocycles. The summed E-state index contributed by atoms with van der Waals surface area (Å²) in [5, 5.41) is 14.1. The van der Waals surface area contributed by atoms with E-state index >= 15 is 0 Å². The van der Waals surface area contributed by atoms with Gasteiger partial charge in [0.25, 0.3) is 0 Å². The molecule has 1 rings (SSSR count). The Labute approximate surface area is 129 Å². The molecule has 0 aliphatic heterocycles. The molecule has 1 aromatic rings. The third-order valence-corrected chi connectivity index (χ3v) is 3.67. The lowest BCUT2D eigenvalue weighted by Gasteiger charge is -2.28. The number of aromatic hydroxyl groups is 1. The maximum Gasteiger partial charge on any atom is 0.123 e. The molecule has 0 radical (unpaired) electrons. The van der Waals surface area contributed by atoms with E-state index in [4.69, 9.17) is 5.73 Å². The fraction of sp³-hybridized carbons (Fsp3) is 0.667. The van der Waals surface area contributed by atoms with Crippen molar-refractivity contribution >= 4 is 0 Å². The van der Waals surface area contributed by atoms with Crippen molar-refractivity contribution in [1.82, 2.24) is 5.32 Å². The van der Waals surface area contributed by atoms with Crippen LogP contribution in [0.2, 0.25) is 0 Å². The van der Waals surface area contributed by atoms with E-state index in [1.165, 1.54) is 5.56 Å². The molecule has 0 amide bonds. The van der Waals surface area contributed by atoms with E-state index in [0.29, 0.717) is 12.3 Å². The Kier molecular flexibility index (Phi) is 5.83. The van der Waals surface area contributed by atoms with Gasteiger partial charge in [0.05, 0.1) is 0 Å². The quantitative estimate of drug-likeness (QED) is 0.729. The van der Waals surface area contributed by atoms with Crippen LogP contribution >= 0.6 is 0 Å². The smallest absolute Gasteiger partial charge is 0.123 e. The fourth-order valence-electron chi connectivity index (χ4n) is 2.40. The standard InChI is InChI=1S/C18H32N2O/c1-17(2,3)14-10-13(12-20-9-7-8-19)11-15(16(14)21)18(4,5)6/h10-11,20-21H,7-9,12,19H2,1-6H3. The first kappa shape index (κ1) is 18.0. The van der Waals surface area contributed by atoms with E-state index in [1.807, 2.05) is 0 Å². The normalized spacial score (nSPS) is 12.7. The highest BCUT2D eigenvalue weighted by Gasteiger charge is 2.26. The molecule has 0 saturated heterocycles. The molecule has 0 bridgehead atoms. The van der Waals surface area contributed by atoms with Crippen molar-refractivity contribution in [2.24, 2.45) is 5.73 Å². The number of hydrogen-bond acceptors (Lipinski definition) is 3. The molecule has 0 fully saturated rings. The third kappa shape index (κ3) is 5.01. The summed E-state index contributed by atoms with van der Waals surface area (Å²) in [6, 6.07) is 4.25. The number of rotatable bonds is 5. The third-order valence-electron chi connectivity index (χ3n) is 3.67. The van der Waals surface area contributed by atoms with Gasteiger partial charge in [0.15, 0.2) is 0 Å². The minimum atomic E-state index is -0.0721. The lowest BCUT2D eigenvalue weighted by Crippen LogP contribution is -2.21. The summed E-state index contributed by atoms with van der Waals surface area (Å²) in [6.07, 6.45) is 0.982. The van der Waals surface area contributed by atoms with Gasteiger partial charge in [0.1, 0.15) is 5.75 Å². The maximum absolute atomic E-state index is 10.7. The van der Waals surface area contributed by atoms with Gasteiger partial charge in [-0.3, -0.25) is 0 Å². The number of nitrogens with two attached hydrogens (primary N) is 1. The molecule has 0 unspecified atom stereocenters. The summed E-state index contributed by atoms with van der Waals surface area (Å²) >= 11 is 0. The van der Waals surface area contributed by atoms with E-state index in [2.05, 4.69) is 59.0 Å². The zero-order valence-electron chi connectivity index (χ0n) is 14.5. The van der Waals surface area contributed by atoms with Crippen LogP contribution in [-0.4, -0.2) is 18.2 Å². The molecule has 4 N–H and O–H groups in total. The SMILES string of the molecule is CC(C)(C)c1cc(CNCCCN)cc(C(C)(C)C)c1O. The largest absolute Gasteiger partial charge is 0.507 e. The van der Waals surface area contributed by atoms with Gasteiger partial charge in [0, 0.05) is 6.54 Å². The second-order valence-corrected chi connectivity index (χ2v) is 7.86. The summed E-state index contributed by atoms with van der Waals surface area (Å²) in [6.45, 7) is 15.3. The van der Waals surface area contributed by atoms with Gasteiger partial charge in [0.2, 0.25) is 0 Å². The first-order valence-corrected chi connectivity index (χ1v) is 7.85. The van der Waals surface area contributed by atoms with E-state index in [0.717, 1.165) is 30.6 Å². The molecule has 120 valence electrons. The second-order valence-electron chi connectivity index (χ2n) is 7.86. The second kappa shape index (κ2) is 6.80. The molecule has 0 heterocycles. The highest BCUT2D eigenvalue weighted by molar-refractivity contribution is 5.49. The van der Waals surface area contributed by atoms with Crippen LogP contribution in [0.3, 0.4) is 0 Å². The van der Waals surface area contributed by atoms with Gasteiger partial charge in [-0.15, -0.1) is 0 Å². The molecular weight excluding hydrogens is 260 g/mol. The molecule has 3 nitrogen and oxygen atoms in total. The average molecular weight is 292 g/mol. The van der Waals surface area contributed by atoms with Crippen molar-refractivity contribution in [3.63, 3.8) is 0 Å². The Morgan fingerprint density at radius 3 is 1.86 bits per heavy atom. The molecule has 3 heteroatoms. The highest BCUT2D eigenvalue weighted by atomic mass is 16.3. The average Bonchev–Trinajstić information content (AvgIpc) is 2.33. The van der Waals surface area contributed by atoms with Crippen LogP contribution in [-0.2, 0) is 17.4 Å². The molecule has 0 spiro atoms. The van der Waals surface area contributed by atoms with Crippen molar-refractivity contribution in [1.29, 1.82) is 0 Å². The Hall–Kier alpha value is -1.06. The van der Waals surface area contributed by atoms with Crippen molar-refractivity contribution in [3.05, 3.63) is 28.8 Å². The molecular formula is C18H32N2O. The van der Waals surface area contributed by atoms with Crippen LogP contribution < -0.4 is 11.1 Å². The first-order chi connectivity index (χ1) is 9.57. The Morgan fingerprint density at radius 1 is 1.00 bits per heavy atom. The van der Waals surface area contributed by atoms with Gasteiger partial charge in [-0.1, -0.05) is 53.7 Å². The van der Waals surface area contributed by atoms with Gasteiger partial charge >= 0.3 is 0 Å². The van der Waals surface area contributed by atoms with Crippen LogP contribution in [0.25, 0.3) is 0 Å². The summed E-state index contributed by atoms with van der Waals surface area (Å²) in [5.74, 6) is 0.445. The molecule has 0 aliphatic rings. The molecule has 21 heavy (non-hydrogen) atoms. The highest BCUT2D eigenvalue weighted by Crippen LogP contribution is 2.39. The molecule has 0 aromatic heterocycles. The number of hydrogen-bond donors (Lipinski definition) is 3. The van der Waals surface area contributed by atoms with Crippen LogP contribution in [0.15, 0.2) is 12.1 Å². The summed E-state index contributed by atoms with van der Waals surface area (Å²) in [4.78, 5) is 0. The number of phenols is 1. The van der Waals surface area contributed by atoms with E-state index in [1.54, 1.807) is 0 Å². The van der Waals surface area contributed by atoms with Gasteiger partial charge < -0.3 is 16.2 Å². The van der Waals surface area contributed by atoms with Crippen molar-refractivity contribution < 1.29 is 5.11 Å². The van der Waals surface area contributed by atoms with Crippen molar-refractivity contribution in [2.45, 2.75) is 65.3 Å². The van der Waals surface area contributed by atoms with Crippen molar-refractivity contribution in [2.75, 3.05) is 13.1 Å². The predicted octanol–water partition coefficient (Wildman–Crippen LogP) is 3.43. The summed E-state index contributed by atoms with van der Waals surface area (Å²) in [7, 11) is 0. The number of benzene rings is 1. The van der Waals surface area contributed by atoms with Crippen LogP contribution in [0.1, 0.15) is 64.7 Å². The Bertz CT molecular complexity index is 432. The van der Waals surface area contributed by atoms with Crippen molar-refractivity contribution in [3.8, 4) is 5.75 Å². The topological polar surface area (TPSA) is 58.3 Å². The summed E-state index contributed by atoms with van der Waals surface area (Å²) in [5.41, 5.74) is 8.63. The number of nitrogens with one attached hydrogen (secondary N) is 1. The Morgan fingerprint density at radius 2 is 1.48 bits per heavy atom. The lowest BCUT2D eigenvalue weighted by atomic mass is 9.78. The lowest BCUT2D eigenvalue weighted by molar-refractivity contribution is 0.422. The predicted molar refractivity (Wildman–Crippen MR) is 90.9 cm³/mol. The van der Waals surface area contributed by atoms with E-state index in [9.17, 15) is 5.11 Å². The molecule has 1 aromatic carbocycles.